The first-order valence-electron chi connectivity index (χ1n) is 7.01. The maximum Gasteiger partial charge on any atom is 0.319 e. The molecule has 1 atom stereocenters. The summed E-state index contributed by atoms with van der Waals surface area (Å²) in [6, 6.07) is 6.52. The number of amides is 2. The Hall–Kier alpha value is -2.35. The number of aromatic nitrogens is 2. The Bertz CT molecular complexity index is 684. The van der Waals surface area contributed by atoms with Crippen LogP contribution >= 0.6 is 15.9 Å². The third kappa shape index (κ3) is 5.10. The van der Waals surface area contributed by atoms with E-state index in [9.17, 15) is 9.59 Å². The molecule has 3 N–H and O–H groups in total. The molecule has 1 heterocycles. The van der Waals surface area contributed by atoms with Gasteiger partial charge in [-0.3, -0.25) is 4.79 Å². The van der Waals surface area contributed by atoms with Gasteiger partial charge in [0.1, 0.15) is 5.82 Å². The summed E-state index contributed by atoms with van der Waals surface area (Å²) in [5.74, 6) is -0.268. The molecule has 7 nitrogen and oxygen atoms in total. The van der Waals surface area contributed by atoms with Gasteiger partial charge in [-0.25, -0.2) is 9.78 Å². The van der Waals surface area contributed by atoms with E-state index < -0.39 is 5.97 Å². The van der Waals surface area contributed by atoms with Crippen LogP contribution in [0, 0.1) is 0 Å². The number of carbonyl (C=O) groups excluding carboxylic acids is 1. The Morgan fingerprint density at radius 2 is 2.04 bits per heavy atom. The quantitative estimate of drug-likeness (QED) is 0.717. The van der Waals surface area contributed by atoms with Crippen LogP contribution < -0.4 is 10.6 Å². The number of anilines is 1. The molecule has 0 aliphatic heterocycles. The van der Waals surface area contributed by atoms with Crippen molar-refractivity contribution in [3.63, 3.8) is 0 Å². The SMILES string of the molecule is CC(NC(=O)Nc1ccc(Br)cc1)c1nccn1CCC(=O)O. The molecular weight excluding hydrogens is 364 g/mol. The first-order valence-corrected chi connectivity index (χ1v) is 7.81. The molecular formula is C15H17BrN4O3. The molecule has 0 fully saturated rings. The van der Waals surface area contributed by atoms with Crippen molar-refractivity contribution in [3.05, 3.63) is 47.0 Å². The van der Waals surface area contributed by atoms with E-state index in [2.05, 4.69) is 31.5 Å². The number of hydrogen-bond donors (Lipinski definition) is 3. The Kier molecular flexibility index (Phi) is 5.75. The smallest absolute Gasteiger partial charge is 0.319 e. The summed E-state index contributed by atoms with van der Waals surface area (Å²) in [5, 5.41) is 14.3. The zero-order valence-corrected chi connectivity index (χ0v) is 14.1. The molecule has 0 bridgehead atoms. The Morgan fingerprint density at radius 3 is 2.70 bits per heavy atom. The van der Waals surface area contributed by atoms with Crippen LogP contribution in [0.5, 0.6) is 0 Å². The lowest BCUT2D eigenvalue weighted by molar-refractivity contribution is -0.137. The van der Waals surface area contributed by atoms with Crippen LogP contribution in [-0.4, -0.2) is 26.7 Å². The average Bonchev–Trinajstić information content (AvgIpc) is 2.96. The number of rotatable bonds is 6. The molecule has 0 spiro atoms. The molecule has 2 aromatic rings. The topological polar surface area (TPSA) is 96.3 Å². The number of hydrogen-bond acceptors (Lipinski definition) is 3. The number of carboxylic acids is 1. The molecule has 0 aliphatic carbocycles. The van der Waals surface area contributed by atoms with Gasteiger partial charge in [0.2, 0.25) is 0 Å². The lowest BCUT2D eigenvalue weighted by Crippen LogP contribution is -2.32. The van der Waals surface area contributed by atoms with Crippen molar-refractivity contribution in [3.8, 4) is 0 Å². The lowest BCUT2D eigenvalue weighted by atomic mass is 10.3. The van der Waals surface area contributed by atoms with Crippen LogP contribution in [-0.2, 0) is 11.3 Å². The van der Waals surface area contributed by atoms with E-state index in [0.717, 1.165) is 4.47 Å². The van der Waals surface area contributed by atoms with Gasteiger partial charge in [-0.2, -0.15) is 0 Å². The van der Waals surface area contributed by atoms with Crippen LogP contribution in [0.1, 0.15) is 25.2 Å². The molecule has 0 saturated carbocycles. The number of urea groups is 1. The first kappa shape index (κ1) is 17.0. The number of aliphatic carboxylic acids is 1. The van der Waals surface area contributed by atoms with E-state index in [1.807, 2.05) is 12.1 Å². The van der Waals surface area contributed by atoms with Gasteiger partial charge in [0.25, 0.3) is 0 Å². The minimum absolute atomic E-state index is 0.00116. The number of nitrogens with zero attached hydrogens (tertiary/aromatic N) is 2. The minimum Gasteiger partial charge on any atom is -0.481 e. The van der Waals surface area contributed by atoms with Crippen LogP contribution in [0.3, 0.4) is 0 Å². The predicted molar refractivity (Wildman–Crippen MR) is 89.2 cm³/mol. The number of benzene rings is 1. The Morgan fingerprint density at radius 1 is 1.35 bits per heavy atom. The molecule has 2 rings (SSSR count). The maximum absolute atomic E-state index is 12.0. The highest BCUT2D eigenvalue weighted by Crippen LogP contribution is 2.15. The molecule has 122 valence electrons. The second-order valence-electron chi connectivity index (χ2n) is 4.95. The normalized spacial score (nSPS) is 11.7. The summed E-state index contributed by atoms with van der Waals surface area (Å²) >= 11 is 3.33. The van der Waals surface area contributed by atoms with Crippen LogP contribution in [0.2, 0.25) is 0 Å². The van der Waals surface area contributed by atoms with Gasteiger partial charge < -0.3 is 20.3 Å². The molecule has 23 heavy (non-hydrogen) atoms. The number of aryl methyl sites for hydroxylation is 1. The summed E-state index contributed by atoms with van der Waals surface area (Å²) in [6.45, 7) is 2.10. The molecule has 0 aliphatic rings. The molecule has 0 radical (unpaired) electrons. The zero-order chi connectivity index (χ0) is 16.8. The van der Waals surface area contributed by atoms with E-state index in [0.29, 0.717) is 18.1 Å². The van der Waals surface area contributed by atoms with Gasteiger partial charge >= 0.3 is 12.0 Å². The summed E-state index contributed by atoms with van der Waals surface area (Å²) in [6.07, 6.45) is 3.28. The Balaban J connectivity index is 1.94. The standard InChI is InChI=1S/C15H17BrN4O3/c1-10(14-17-7-9-20(14)8-6-13(21)22)18-15(23)19-12-4-2-11(16)3-5-12/h2-5,7,9-10H,6,8H2,1H3,(H,21,22)(H2,18,19,23). The molecule has 0 saturated heterocycles. The van der Waals surface area contributed by atoms with Crippen LogP contribution in [0.25, 0.3) is 0 Å². The molecule has 1 unspecified atom stereocenters. The van der Waals surface area contributed by atoms with Crippen molar-refractivity contribution in [2.45, 2.75) is 25.9 Å². The number of imidazole rings is 1. The van der Waals surface area contributed by atoms with Gasteiger partial charge in [0, 0.05) is 29.1 Å². The second-order valence-corrected chi connectivity index (χ2v) is 5.87. The highest BCUT2D eigenvalue weighted by Gasteiger charge is 2.15. The second kappa shape index (κ2) is 7.77. The van der Waals surface area contributed by atoms with Crippen molar-refractivity contribution in [2.75, 3.05) is 5.32 Å². The van der Waals surface area contributed by atoms with Crippen LogP contribution in [0.15, 0.2) is 41.1 Å². The maximum atomic E-state index is 12.0. The highest BCUT2D eigenvalue weighted by atomic mass is 79.9. The highest BCUT2D eigenvalue weighted by molar-refractivity contribution is 9.10. The van der Waals surface area contributed by atoms with Crippen molar-refractivity contribution >= 4 is 33.6 Å². The molecule has 2 amide bonds. The first-order chi connectivity index (χ1) is 11.0. The molecule has 1 aromatic heterocycles. The van der Waals surface area contributed by atoms with E-state index >= 15 is 0 Å². The summed E-state index contributed by atoms with van der Waals surface area (Å²) in [4.78, 5) is 26.9. The monoisotopic (exact) mass is 380 g/mol. The Labute approximate surface area is 141 Å². The van der Waals surface area contributed by atoms with Gasteiger partial charge in [0.05, 0.1) is 12.5 Å². The van der Waals surface area contributed by atoms with Crippen molar-refractivity contribution in [1.29, 1.82) is 0 Å². The predicted octanol–water partition coefficient (Wildman–Crippen LogP) is 3.00. The van der Waals surface area contributed by atoms with Gasteiger partial charge in [-0.15, -0.1) is 0 Å². The van der Waals surface area contributed by atoms with Gasteiger partial charge in [-0.1, -0.05) is 15.9 Å². The molecule has 8 heteroatoms. The third-order valence-corrected chi connectivity index (χ3v) is 3.68. The van der Waals surface area contributed by atoms with Crippen molar-refractivity contribution in [2.24, 2.45) is 0 Å². The molecule has 1 aromatic carbocycles. The van der Waals surface area contributed by atoms with Crippen molar-refractivity contribution < 1.29 is 14.7 Å². The van der Waals surface area contributed by atoms with Gasteiger partial charge in [0.15, 0.2) is 0 Å². The fraction of sp³-hybridized carbons (Fsp3) is 0.267. The van der Waals surface area contributed by atoms with E-state index in [1.165, 1.54) is 0 Å². The number of halogens is 1. The van der Waals surface area contributed by atoms with Gasteiger partial charge in [-0.05, 0) is 31.2 Å². The van der Waals surface area contributed by atoms with E-state index in [1.54, 1.807) is 36.0 Å². The lowest BCUT2D eigenvalue weighted by Gasteiger charge is -2.16. The summed E-state index contributed by atoms with van der Waals surface area (Å²) < 4.78 is 2.65. The number of nitrogens with one attached hydrogen (secondary N) is 2. The minimum atomic E-state index is -0.877. The fourth-order valence-corrected chi connectivity index (χ4v) is 2.33. The summed E-state index contributed by atoms with van der Waals surface area (Å²) in [7, 11) is 0. The number of carbonyl (C=O) groups is 2. The van der Waals surface area contributed by atoms with E-state index in [4.69, 9.17) is 5.11 Å². The average molecular weight is 381 g/mol. The van der Waals surface area contributed by atoms with E-state index in [-0.39, 0.29) is 18.5 Å². The van der Waals surface area contributed by atoms with Crippen molar-refractivity contribution in [1.82, 2.24) is 14.9 Å². The van der Waals surface area contributed by atoms with Crippen LogP contribution in [0.4, 0.5) is 10.5 Å². The zero-order valence-electron chi connectivity index (χ0n) is 12.5. The largest absolute Gasteiger partial charge is 0.481 e. The fourth-order valence-electron chi connectivity index (χ4n) is 2.07. The number of carboxylic acid groups (broad SMARTS) is 1. The third-order valence-electron chi connectivity index (χ3n) is 3.15. The summed E-state index contributed by atoms with van der Waals surface area (Å²) in [5.41, 5.74) is 0.673.